The number of fused-ring (bicyclic) bond motifs is 1. The Bertz CT molecular complexity index is 842. The molecule has 118 valence electrons. The van der Waals surface area contributed by atoms with Crippen molar-refractivity contribution in [2.45, 2.75) is 20.1 Å². The maximum atomic E-state index is 12.2. The first-order chi connectivity index (χ1) is 11.2. The number of methoxy groups -OCH3 is 1. The molecule has 0 unspecified atom stereocenters. The molecule has 6 nitrogen and oxygen atoms in total. The van der Waals surface area contributed by atoms with Gasteiger partial charge >= 0.3 is 5.97 Å². The summed E-state index contributed by atoms with van der Waals surface area (Å²) in [6.45, 7) is 2.91. The third kappa shape index (κ3) is 3.15. The highest BCUT2D eigenvalue weighted by Crippen LogP contribution is 2.16. The summed E-state index contributed by atoms with van der Waals surface area (Å²) < 4.78 is 12.3. The average molecular weight is 311 g/mol. The summed E-state index contributed by atoms with van der Waals surface area (Å²) in [4.78, 5) is 12.2. The third-order valence-corrected chi connectivity index (χ3v) is 3.55. The van der Waals surface area contributed by atoms with E-state index in [2.05, 4.69) is 10.3 Å². The van der Waals surface area contributed by atoms with Crippen LogP contribution < -0.4 is 4.74 Å². The van der Waals surface area contributed by atoms with Crippen LogP contribution in [0.2, 0.25) is 0 Å². The van der Waals surface area contributed by atoms with E-state index < -0.39 is 0 Å². The van der Waals surface area contributed by atoms with Crippen LogP contribution in [0.1, 0.15) is 22.8 Å². The van der Waals surface area contributed by atoms with Crippen LogP contribution in [-0.4, -0.2) is 28.1 Å². The molecule has 0 saturated heterocycles. The molecule has 0 fully saturated rings. The van der Waals surface area contributed by atoms with Crippen LogP contribution in [0.5, 0.6) is 5.75 Å². The van der Waals surface area contributed by atoms with Crippen molar-refractivity contribution in [3.8, 4) is 5.75 Å². The predicted molar refractivity (Wildman–Crippen MR) is 85.3 cm³/mol. The van der Waals surface area contributed by atoms with E-state index in [9.17, 15) is 4.79 Å². The predicted octanol–water partition coefficient (Wildman–Crippen LogP) is 2.82. The number of hydrogen-bond donors (Lipinski definition) is 0. The molecule has 3 aromatic rings. The number of aryl methyl sites for hydroxylation is 1. The van der Waals surface area contributed by atoms with Gasteiger partial charge in [0.1, 0.15) is 17.9 Å². The number of hydrogen-bond acceptors (Lipinski definition) is 5. The van der Waals surface area contributed by atoms with E-state index in [-0.39, 0.29) is 12.6 Å². The first kappa shape index (κ1) is 15.0. The van der Waals surface area contributed by atoms with E-state index in [1.807, 2.05) is 37.3 Å². The molecular weight excluding hydrogens is 294 g/mol. The van der Waals surface area contributed by atoms with E-state index in [0.717, 1.165) is 23.4 Å². The second-order valence-electron chi connectivity index (χ2n) is 5.04. The molecule has 2 aromatic carbocycles. The van der Waals surface area contributed by atoms with Crippen LogP contribution in [0, 0.1) is 0 Å². The number of aromatic nitrogens is 3. The molecule has 0 radical (unpaired) electrons. The zero-order valence-electron chi connectivity index (χ0n) is 13.0. The summed E-state index contributed by atoms with van der Waals surface area (Å²) in [7, 11) is 1.60. The Labute approximate surface area is 133 Å². The normalized spacial score (nSPS) is 10.7. The molecule has 0 N–H and O–H groups in total. The molecule has 0 saturated carbocycles. The fraction of sp³-hybridized carbons (Fsp3) is 0.235. The summed E-state index contributed by atoms with van der Waals surface area (Å²) in [6.07, 6.45) is 0. The van der Waals surface area contributed by atoms with Crippen molar-refractivity contribution in [1.82, 2.24) is 15.0 Å². The van der Waals surface area contributed by atoms with Crippen LogP contribution in [0.4, 0.5) is 0 Å². The van der Waals surface area contributed by atoms with Crippen LogP contribution >= 0.6 is 0 Å². The van der Waals surface area contributed by atoms with Crippen LogP contribution in [0.15, 0.2) is 42.5 Å². The first-order valence-electron chi connectivity index (χ1n) is 7.34. The Morgan fingerprint density at radius 3 is 2.87 bits per heavy atom. The number of esters is 1. The van der Waals surface area contributed by atoms with E-state index >= 15 is 0 Å². The van der Waals surface area contributed by atoms with Crippen LogP contribution in [0.25, 0.3) is 11.0 Å². The van der Waals surface area contributed by atoms with Gasteiger partial charge in [-0.2, -0.15) is 0 Å². The second-order valence-corrected chi connectivity index (χ2v) is 5.04. The van der Waals surface area contributed by atoms with Gasteiger partial charge in [-0.25, -0.2) is 9.48 Å². The Morgan fingerprint density at radius 1 is 1.22 bits per heavy atom. The highest BCUT2D eigenvalue weighted by Gasteiger charge is 2.11. The van der Waals surface area contributed by atoms with Crippen LogP contribution in [-0.2, 0) is 17.9 Å². The minimum Gasteiger partial charge on any atom is -0.497 e. The molecule has 0 spiro atoms. The van der Waals surface area contributed by atoms with Gasteiger partial charge in [0.05, 0.1) is 18.2 Å². The fourth-order valence-corrected chi connectivity index (χ4v) is 2.33. The van der Waals surface area contributed by atoms with Crippen molar-refractivity contribution in [3.05, 3.63) is 53.6 Å². The molecule has 1 aromatic heterocycles. The smallest absolute Gasteiger partial charge is 0.338 e. The van der Waals surface area contributed by atoms with Gasteiger partial charge in [-0.05, 0) is 42.8 Å². The number of carbonyl (C=O) groups excluding carboxylic acids is 1. The molecular formula is C17H17N3O3. The van der Waals surface area contributed by atoms with Crippen molar-refractivity contribution >= 4 is 17.0 Å². The Balaban J connectivity index is 1.72. The van der Waals surface area contributed by atoms with Crippen LogP contribution in [0.3, 0.4) is 0 Å². The Kier molecular flexibility index (Phi) is 4.23. The van der Waals surface area contributed by atoms with Gasteiger partial charge in [0.15, 0.2) is 0 Å². The Hall–Kier alpha value is -2.89. The van der Waals surface area contributed by atoms with E-state index in [4.69, 9.17) is 9.47 Å². The van der Waals surface area contributed by atoms with E-state index in [1.165, 1.54) is 0 Å². The maximum Gasteiger partial charge on any atom is 0.338 e. The maximum absolute atomic E-state index is 12.2. The average Bonchev–Trinajstić information content (AvgIpc) is 3.02. The van der Waals surface area contributed by atoms with Gasteiger partial charge in [0.2, 0.25) is 0 Å². The lowest BCUT2D eigenvalue weighted by atomic mass is 10.2. The SMILES string of the molecule is CCn1nnc2cc(C(=O)OCc3cccc(OC)c3)ccc21. The molecule has 23 heavy (non-hydrogen) atoms. The minimum absolute atomic E-state index is 0.190. The molecule has 3 rings (SSSR count). The van der Waals surface area contributed by atoms with Gasteiger partial charge in [0.25, 0.3) is 0 Å². The number of nitrogens with zero attached hydrogens (tertiary/aromatic N) is 3. The van der Waals surface area contributed by atoms with Crippen molar-refractivity contribution in [1.29, 1.82) is 0 Å². The highest BCUT2D eigenvalue weighted by atomic mass is 16.5. The van der Waals surface area contributed by atoms with Gasteiger partial charge < -0.3 is 9.47 Å². The summed E-state index contributed by atoms with van der Waals surface area (Å²) >= 11 is 0. The van der Waals surface area contributed by atoms with Gasteiger partial charge in [-0.1, -0.05) is 17.3 Å². The monoisotopic (exact) mass is 311 g/mol. The highest BCUT2D eigenvalue weighted by molar-refractivity contribution is 5.93. The summed E-state index contributed by atoms with van der Waals surface area (Å²) in [6, 6.07) is 12.7. The van der Waals surface area contributed by atoms with E-state index in [1.54, 1.807) is 23.9 Å². The molecule has 1 heterocycles. The molecule has 0 aliphatic carbocycles. The van der Waals surface area contributed by atoms with Crippen molar-refractivity contribution < 1.29 is 14.3 Å². The summed E-state index contributed by atoms with van der Waals surface area (Å²) in [5.41, 5.74) is 2.92. The molecule has 0 amide bonds. The standard InChI is InChI=1S/C17H17N3O3/c1-3-20-16-8-7-13(10-15(16)18-19-20)17(21)23-11-12-5-4-6-14(9-12)22-2/h4-10H,3,11H2,1-2H3. The van der Waals surface area contributed by atoms with E-state index in [0.29, 0.717) is 11.1 Å². The lowest BCUT2D eigenvalue weighted by molar-refractivity contribution is 0.0472. The molecule has 0 aliphatic heterocycles. The third-order valence-electron chi connectivity index (χ3n) is 3.55. The lowest BCUT2D eigenvalue weighted by Crippen LogP contribution is -2.05. The van der Waals surface area contributed by atoms with Crippen molar-refractivity contribution in [2.75, 3.05) is 7.11 Å². The number of rotatable bonds is 5. The number of benzene rings is 2. The van der Waals surface area contributed by atoms with Gasteiger partial charge in [-0.15, -0.1) is 5.10 Å². The van der Waals surface area contributed by atoms with Crippen molar-refractivity contribution in [3.63, 3.8) is 0 Å². The van der Waals surface area contributed by atoms with Gasteiger partial charge in [-0.3, -0.25) is 0 Å². The first-order valence-corrected chi connectivity index (χ1v) is 7.34. The molecule has 6 heteroatoms. The fourth-order valence-electron chi connectivity index (χ4n) is 2.33. The Morgan fingerprint density at radius 2 is 2.09 bits per heavy atom. The zero-order valence-corrected chi connectivity index (χ0v) is 13.0. The number of ether oxygens (including phenoxy) is 2. The molecule has 0 atom stereocenters. The topological polar surface area (TPSA) is 66.2 Å². The largest absolute Gasteiger partial charge is 0.497 e. The molecule has 0 aliphatic rings. The quantitative estimate of drug-likeness (QED) is 0.678. The van der Waals surface area contributed by atoms with Gasteiger partial charge in [0, 0.05) is 6.54 Å². The second kappa shape index (κ2) is 6.48. The number of carbonyl (C=O) groups is 1. The van der Waals surface area contributed by atoms with Crippen molar-refractivity contribution in [2.24, 2.45) is 0 Å². The summed E-state index contributed by atoms with van der Waals surface area (Å²) in [5.74, 6) is 0.344. The summed E-state index contributed by atoms with van der Waals surface area (Å²) in [5, 5.41) is 8.09. The lowest BCUT2D eigenvalue weighted by Gasteiger charge is -2.06. The molecule has 0 bridgehead atoms. The minimum atomic E-state index is -0.388. The zero-order chi connectivity index (χ0) is 16.2.